The molecule has 0 radical (unpaired) electrons. The quantitative estimate of drug-likeness (QED) is 0.781. The van der Waals surface area contributed by atoms with Crippen molar-refractivity contribution in [2.24, 2.45) is 0 Å². The van der Waals surface area contributed by atoms with Gasteiger partial charge in [0.05, 0.1) is 5.69 Å². The molecule has 0 saturated heterocycles. The van der Waals surface area contributed by atoms with E-state index in [0.29, 0.717) is 6.54 Å². The van der Waals surface area contributed by atoms with Crippen LogP contribution in [0.2, 0.25) is 0 Å². The van der Waals surface area contributed by atoms with E-state index in [4.69, 9.17) is 0 Å². The normalized spacial score (nSPS) is 10.1. The van der Waals surface area contributed by atoms with Crippen molar-refractivity contribution in [2.45, 2.75) is 13.3 Å². The van der Waals surface area contributed by atoms with E-state index in [1.54, 1.807) is 6.92 Å². The first-order valence-electron chi connectivity index (χ1n) is 5.20. The predicted octanol–water partition coefficient (Wildman–Crippen LogP) is 2.04. The van der Waals surface area contributed by atoms with Crippen LogP contribution in [0.1, 0.15) is 13.3 Å². The number of anilines is 1. The number of hydrogen-bond acceptors (Lipinski definition) is 2. The monoisotopic (exact) mass is 246 g/mol. The maximum Gasteiger partial charge on any atom is 0.221 e. The average Bonchev–Trinajstić information content (AvgIpc) is 2.29. The summed E-state index contributed by atoms with van der Waals surface area (Å²) in [6.45, 7) is 2.44. The number of amides is 1. The van der Waals surface area contributed by atoms with Gasteiger partial charge in [-0.05, 0) is 19.1 Å². The lowest BCUT2D eigenvalue weighted by atomic mass is 10.2. The third kappa shape index (κ3) is 3.65. The summed E-state index contributed by atoms with van der Waals surface area (Å²) in [5, 5.41) is 5.09. The van der Waals surface area contributed by atoms with Crippen molar-refractivity contribution in [3.63, 3.8) is 0 Å². The van der Waals surface area contributed by atoms with Gasteiger partial charge >= 0.3 is 0 Å². The molecule has 6 heteroatoms. The summed E-state index contributed by atoms with van der Waals surface area (Å²) in [4.78, 5) is 11.1. The number of carbonyl (C=O) groups excluding carboxylic acids is 1. The van der Waals surface area contributed by atoms with Crippen molar-refractivity contribution in [1.29, 1.82) is 0 Å². The Hall–Kier alpha value is -1.72. The summed E-state index contributed by atoms with van der Waals surface area (Å²) in [5.41, 5.74) is -0.159. The molecule has 0 spiro atoms. The highest BCUT2D eigenvalue weighted by Crippen LogP contribution is 2.19. The molecule has 0 bridgehead atoms. The molecule has 17 heavy (non-hydrogen) atoms. The fraction of sp³-hybridized carbons (Fsp3) is 0.364. The summed E-state index contributed by atoms with van der Waals surface area (Å²) >= 11 is 0. The Morgan fingerprint density at radius 3 is 2.59 bits per heavy atom. The van der Waals surface area contributed by atoms with Crippen LogP contribution >= 0.6 is 0 Å². The Balaban J connectivity index is 2.53. The van der Waals surface area contributed by atoms with E-state index >= 15 is 0 Å². The molecule has 0 aliphatic carbocycles. The molecular weight excluding hydrogens is 233 g/mol. The number of carbonyl (C=O) groups is 1. The largest absolute Gasteiger partial charge is 0.382 e. The average molecular weight is 246 g/mol. The Labute approximate surface area is 97.0 Å². The fourth-order valence-corrected chi connectivity index (χ4v) is 1.26. The summed E-state index contributed by atoms with van der Waals surface area (Å²) in [6, 6.07) is 1.92. The summed E-state index contributed by atoms with van der Waals surface area (Å²) in [5.74, 6) is -4.23. The summed E-state index contributed by atoms with van der Waals surface area (Å²) in [7, 11) is 0. The van der Waals surface area contributed by atoms with Crippen molar-refractivity contribution >= 4 is 11.6 Å². The maximum absolute atomic E-state index is 13.2. The third-order valence-electron chi connectivity index (χ3n) is 2.08. The Morgan fingerprint density at radius 2 is 1.94 bits per heavy atom. The van der Waals surface area contributed by atoms with Crippen molar-refractivity contribution in [3.8, 4) is 0 Å². The van der Waals surface area contributed by atoms with Gasteiger partial charge in [0.1, 0.15) is 0 Å². The first-order valence-corrected chi connectivity index (χ1v) is 5.20. The van der Waals surface area contributed by atoms with Crippen molar-refractivity contribution < 1.29 is 18.0 Å². The number of hydrogen-bond donors (Lipinski definition) is 2. The van der Waals surface area contributed by atoms with Crippen molar-refractivity contribution in [3.05, 3.63) is 29.6 Å². The third-order valence-corrected chi connectivity index (χ3v) is 2.08. The lowest BCUT2D eigenvalue weighted by Crippen LogP contribution is -2.24. The Bertz CT molecular complexity index is 410. The van der Waals surface area contributed by atoms with Gasteiger partial charge in [-0.15, -0.1) is 0 Å². The minimum atomic E-state index is -1.52. The van der Waals surface area contributed by atoms with Gasteiger partial charge in [0.15, 0.2) is 17.5 Å². The lowest BCUT2D eigenvalue weighted by Gasteiger charge is -2.08. The number of benzene rings is 1. The lowest BCUT2D eigenvalue weighted by molar-refractivity contribution is -0.120. The van der Waals surface area contributed by atoms with Crippen molar-refractivity contribution in [1.82, 2.24) is 5.32 Å². The van der Waals surface area contributed by atoms with Crippen LogP contribution in [-0.2, 0) is 4.79 Å². The fourth-order valence-electron chi connectivity index (χ4n) is 1.26. The molecule has 94 valence electrons. The van der Waals surface area contributed by atoms with E-state index in [1.807, 2.05) is 0 Å². The van der Waals surface area contributed by atoms with Crippen LogP contribution in [-0.4, -0.2) is 19.0 Å². The smallest absolute Gasteiger partial charge is 0.221 e. The van der Waals surface area contributed by atoms with Crippen LogP contribution in [0, 0.1) is 17.5 Å². The van der Waals surface area contributed by atoms with E-state index in [-0.39, 0.29) is 24.6 Å². The van der Waals surface area contributed by atoms with E-state index in [1.165, 1.54) is 0 Å². The summed E-state index contributed by atoms with van der Waals surface area (Å²) < 4.78 is 38.6. The Kier molecular flexibility index (Phi) is 4.81. The molecule has 0 aliphatic rings. The highest BCUT2D eigenvalue weighted by molar-refractivity contribution is 5.76. The zero-order valence-corrected chi connectivity index (χ0v) is 9.32. The molecule has 1 amide bonds. The first-order chi connectivity index (χ1) is 8.06. The molecule has 3 nitrogen and oxygen atoms in total. The van der Waals surface area contributed by atoms with Crippen LogP contribution < -0.4 is 10.6 Å². The van der Waals surface area contributed by atoms with Crippen LogP contribution in [0.25, 0.3) is 0 Å². The number of rotatable bonds is 5. The second-order valence-corrected chi connectivity index (χ2v) is 3.35. The van der Waals surface area contributed by atoms with Gasteiger partial charge in [-0.3, -0.25) is 4.79 Å². The van der Waals surface area contributed by atoms with Gasteiger partial charge in [0.25, 0.3) is 0 Å². The minimum Gasteiger partial charge on any atom is -0.382 e. The van der Waals surface area contributed by atoms with Gasteiger partial charge in [-0.2, -0.15) is 0 Å². The van der Waals surface area contributed by atoms with Gasteiger partial charge < -0.3 is 10.6 Å². The van der Waals surface area contributed by atoms with Gasteiger partial charge in [-0.25, -0.2) is 13.2 Å². The molecule has 2 N–H and O–H groups in total. The van der Waals surface area contributed by atoms with Crippen LogP contribution in [0.3, 0.4) is 0 Å². The van der Waals surface area contributed by atoms with Crippen LogP contribution in [0.15, 0.2) is 12.1 Å². The zero-order chi connectivity index (χ0) is 12.8. The Morgan fingerprint density at radius 1 is 1.24 bits per heavy atom. The van der Waals surface area contributed by atoms with E-state index < -0.39 is 17.5 Å². The molecule has 1 aromatic rings. The molecule has 0 aliphatic heterocycles. The second-order valence-electron chi connectivity index (χ2n) is 3.35. The number of halogens is 3. The first kappa shape index (κ1) is 13.3. The maximum atomic E-state index is 13.2. The standard InChI is InChI=1S/C11H13F3N2O/c1-2-15-9(17)5-6-16-8-4-3-7(12)10(13)11(8)14/h3-4,16H,2,5-6H2,1H3,(H,15,17). The molecule has 0 unspecified atom stereocenters. The molecule has 0 saturated carbocycles. The highest BCUT2D eigenvalue weighted by atomic mass is 19.2. The minimum absolute atomic E-state index is 0.131. The molecule has 0 aromatic heterocycles. The van der Waals surface area contributed by atoms with Gasteiger partial charge in [-0.1, -0.05) is 0 Å². The predicted molar refractivity (Wildman–Crippen MR) is 58.1 cm³/mol. The highest BCUT2D eigenvalue weighted by Gasteiger charge is 2.12. The molecule has 0 heterocycles. The van der Waals surface area contributed by atoms with Crippen LogP contribution in [0.5, 0.6) is 0 Å². The SMILES string of the molecule is CCNC(=O)CCNc1ccc(F)c(F)c1F. The molecule has 1 aromatic carbocycles. The van der Waals surface area contributed by atoms with E-state index in [9.17, 15) is 18.0 Å². The molecular formula is C11H13F3N2O. The molecule has 0 atom stereocenters. The summed E-state index contributed by atoms with van der Waals surface area (Å²) in [6.07, 6.45) is 0.131. The molecule has 1 rings (SSSR count). The van der Waals surface area contributed by atoms with E-state index in [2.05, 4.69) is 10.6 Å². The van der Waals surface area contributed by atoms with Gasteiger partial charge in [0, 0.05) is 19.5 Å². The topological polar surface area (TPSA) is 41.1 Å². The van der Waals surface area contributed by atoms with Gasteiger partial charge in [0.2, 0.25) is 5.91 Å². The molecule has 0 fully saturated rings. The van der Waals surface area contributed by atoms with E-state index in [0.717, 1.165) is 12.1 Å². The number of nitrogens with one attached hydrogen (secondary N) is 2. The van der Waals surface area contributed by atoms with Crippen molar-refractivity contribution in [2.75, 3.05) is 18.4 Å². The zero-order valence-electron chi connectivity index (χ0n) is 9.32. The second kappa shape index (κ2) is 6.12. The van der Waals surface area contributed by atoms with Crippen LogP contribution in [0.4, 0.5) is 18.9 Å².